The van der Waals surface area contributed by atoms with Crippen LogP contribution in [0.4, 0.5) is 4.39 Å². The molecule has 0 saturated carbocycles. The minimum Gasteiger partial charge on any atom is -0.311 e. The standard InChI is InChI=1S/C12H15FN4/c1-8-5-10(13)4-3-9(8)6-11(14-2)12-7-15-17-16-12/h3-5,7,11,14H,6H2,1-2H3,(H,15,16,17). The molecule has 0 aliphatic heterocycles. The van der Waals surface area contributed by atoms with Crippen LogP contribution in [0.1, 0.15) is 22.9 Å². The van der Waals surface area contributed by atoms with Crippen molar-refractivity contribution in [1.29, 1.82) is 0 Å². The lowest BCUT2D eigenvalue weighted by Crippen LogP contribution is -2.19. The second-order valence-corrected chi connectivity index (χ2v) is 4.01. The van der Waals surface area contributed by atoms with Crippen LogP contribution in [0.5, 0.6) is 0 Å². The number of aryl methyl sites for hydroxylation is 1. The van der Waals surface area contributed by atoms with E-state index in [2.05, 4.69) is 20.7 Å². The molecule has 0 aliphatic rings. The number of rotatable bonds is 4. The topological polar surface area (TPSA) is 53.6 Å². The van der Waals surface area contributed by atoms with E-state index in [1.165, 1.54) is 6.07 Å². The number of hydrogen-bond donors (Lipinski definition) is 2. The Balaban J connectivity index is 2.19. The molecule has 2 aromatic rings. The summed E-state index contributed by atoms with van der Waals surface area (Å²) >= 11 is 0. The van der Waals surface area contributed by atoms with Crippen LogP contribution < -0.4 is 5.32 Å². The average molecular weight is 234 g/mol. The minimum absolute atomic E-state index is 0.0814. The Kier molecular flexibility index (Phi) is 3.49. The predicted octanol–water partition coefficient (Wildman–Crippen LogP) is 1.76. The fourth-order valence-corrected chi connectivity index (χ4v) is 1.84. The van der Waals surface area contributed by atoms with Crippen LogP contribution in [0.25, 0.3) is 0 Å². The number of nitrogens with one attached hydrogen (secondary N) is 2. The fraction of sp³-hybridized carbons (Fsp3) is 0.333. The van der Waals surface area contributed by atoms with Crippen molar-refractivity contribution in [2.24, 2.45) is 0 Å². The normalized spacial score (nSPS) is 12.6. The Morgan fingerprint density at radius 1 is 1.47 bits per heavy atom. The number of nitrogens with zero attached hydrogens (tertiary/aromatic N) is 2. The molecule has 1 aromatic heterocycles. The summed E-state index contributed by atoms with van der Waals surface area (Å²) in [7, 11) is 1.87. The molecule has 0 spiro atoms. The molecule has 17 heavy (non-hydrogen) atoms. The molecule has 1 heterocycles. The molecule has 0 fully saturated rings. The van der Waals surface area contributed by atoms with Crippen LogP contribution in [0.15, 0.2) is 24.4 Å². The minimum atomic E-state index is -0.200. The summed E-state index contributed by atoms with van der Waals surface area (Å²) in [6.45, 7) is 1.91. The lowest BCUT2D eigenvalue weighted by molar-refractivity contribution is 0.570. The second-order valence-electron chi connectivity index (χ2n) is 4.01. The molecular formula is C12H15FN4. The average Bonchev–Trinajstić information content (AvgIpc) is 2.81. The molecule has 0 bridgehead atoms. The van der Waals surface area contributed by atoms with Crippen molar-refractivity contribution in [3.63, 3.8) is 0 Å². The highest BCUT2D eigenvalue weighted by Gasteiger charge is 2.14. The SMILES string of the molecule is CNC(Cc1ccc(F)cc1C)c1cn[nH]n1. The zero-order valence-electron chi connectivity index (χ0n) is 9.87. The first-order valence-electron chi connectivity index (χ1n) is 5.48. The first-order valence-corrected chi connectivity index (χ1v) is 5.48. The maximum Gasteiger partial charge on any atom is 0.123 e. The number of benzene rings is 1. The molecule has 1 atom stereocenters. The lowest BCUT2D eigenvalue weighted by Gasteiger charge is -2.14. The van der Waals surface area contributed by atoms with Gasteiger partial charge in [0.1, 0.15) is 5.82 Å². The van der Waals surface area contributed by atoms with E-state index >= 15 is 0 Å². The second kappa shape index (κ2) is 5.05. The van der Waals surface area contributed by atoms with E-state index in [1.807, 2.05) is 20.0 Å². The van der Waals surface area contributed by atoms with Crippen LogP contribution >= 0.6 is 0 Å². The Bertz CT molecular complexity index is 481. The summed E-state index contributed by atoms with van der Waals surface area (Å²) in [6, 6.07) is 4.93. The van der Waals surface area contributed by atoms with E-state index in [0.29, 0.717) is 0 Å². The lowest BCUT2D eigenvalue weighted by atomic mass is 9.99. The van der Waals surface area contributed by atoms with Gasteiger partial charge in [0.25, 0.3) is 0 Å². The third-order valence-corrected chi connectivity index (χ3v) is 2.87. The van der Waals surface area contributed by atoms with E-state index < -0.39 is 0 Å². The summed E-state index contributed by atoms with van der Waals surface area (Å²) < 4.78 is 13.0. The molecule has 0 amide bonds. The largest absolute Gasteiger partial charge is 0.311 e. The molecule has 5 heteroatoms. The monoisotopic (exact) mass is 234 g/mol. The molecule has 2 rings (SSSR count). The fourth-order valence-electron chi connectivity index (χ4n) is 1.84. The number of likely N-dealkylation sites (N-methyl/N-ethyl adjacent to an activating group) is 1. The van der Waals surface area contributed by atoms with Crippen molar-refractivity contribution in [3.8, 4) is 0 Å². The van der Waals surface area contributed by atoms with E-state index in [9.17, 15) is 4.39 Å². The van der Waals surface area contributed by atoms with Gasteiger partial charge in [0.15, 0.2) is 0 Å². The highest BCUT2D eigenvalue weighted by Crippen LogP contribution is 2.18. The molecule has 4 nitrogen and oxygen atoms in total. The van der Waals surface area contributed by atoms with Crippen molar-refractivity contribution >= 4 is 0 Å². The Morgan fingerprint density at radius 2 is 2.29 bits per heavy atom. The molecule has 0 saturated heterocycles. The highest BCUT2D eigenvalue weighted by atomic mass is 19.1. The van der Waals surface area contributed by atoms with Gasteiger partial charge < -0.3 is 5.32 Å². The van der Waals surface area contributed by atoms with Crippen LogP contribution in [-0.4, -0.2) is 22.5 Å². The summed E-state index contributed by atoms with van der Waals surface area (Å²) in [5.74, 6) is -0.200. The molecule has 90 valence electrons. The molecule has 0 radical (unpaired) electrons. The molecule has 1 aromatic carbocycles. The van der Waals surface area contributed by atoms with Crippen LogP contribution in [0.2, 0.25) is 0 Å². The molecule has 1 unspecified atom stereocenters. The third kappa shape index (κ3) is 2.68. The van der Waals surface area contributed by atoms with Gasteiger partial charge in [0, 0.05) is 0 Å². The van der Waals surface area contributed by atoms with Gasteiger partial charge in [0.05, 0.1) is 17.9 Å². The van der Waals surface area contributed by atoms with Gasteiger partial charge in [-0.2, -0.15) is 15.4 Å². The Labute approximate surface area is 99.2 Å². The van der Waals surface area contributed by atoms with E-state index in [1.54, 1.807) is 12.3 Å². The van der Waals surface area contributed by atoms with Crippen molar-refractivity contribution in [3.05, 3.63) is 47.0 Å². The van der Waals surface area contributed by atoms with Crippen LogP contribution in [0.3, 0.4) is 0 Å². The number of hydrogen-bond acceptors (Lipinski definition) is 3. The maximum atomic E-state index is 13.0. The first kappa shape index (κ1) is 11.7. The van der Waals surface area contributed by atoms with Gasteiger partial charge in [-0.15, -0.1) is 0 Å². The summed E-state index contributed by atoms with van der Waals surface area (Å²) in [4.78, 5) is 0. The van der Waals surface area contributed by atoms with Crippen molar-refractivity contribution in [2.45, 2.75) is 19.4 Å². The van der Waals surface area contributed by atoms with Crippen molar-refractivity contribution in [2.75, 3.05) is 7.05 Å². The third-order valence-electron chi connectivity index (χ3n) is 2.87. The summed E-state index contributed by atoms with van der Waals surface area (Å²) in [6.07, 6.45) is 2.45. The predicted molar refractivity (Wildman–Crippen MR) is 63.0 cm³/mol. The Morgan fingerprint density at radius 3 is 2.88 bits per heavy atom. The molecular weight excluding hydrogens is 219 g/mol. The van der Waals surface area contributed by atoms with E-state index in [-0.39, 0.29) is 11.9 Å². The van der Waals surface area contributed by atoms with E-state index in [4.69, 9.17) is 0 Å². The van der Waals surface area contributed by atoms with E-state index in [0.717, 1.165) is 23.2 Å². The number of aromatic amines is 1. The molecule has 2 N–H and O–H groups in total. The zero-order chi connectivity index (χ0) is 12.3. The van der Waals surface area contributed by atoms with Gasteiger partial charge in [-0.1, -0.05) is 6.07 Å². The molecule has 0 aliphatic carbocycles. The highest BCUT2D eigenvalue weighted by molar-refractivity contribution is 5.28. The Hall–Kier alpha value is -1.75. The number of aromatic nitrogens is 3. The first-order chi connectivity index (χ1) is 8.20. The number of H-pyrrole nitrogens is 1. The van der Waals surface area contributed by atoms with Gasteiger partial charge in [-0.25, -0.2) is 4.39 Å². The van der Waals surface area contributed by atoms with Gasteiger partial charge in [-0.3, -0.25) is 0 Å². The van der Waals surface area contributed by atoms with Gasteiger partial charge in [-0.05, 0) is 43.7 Å². The number of halogens is 1. The van der Waals surface area contributed by atoms with Crippen molar-refractivity contribution < 1.29 is 4.39 Å². The van der Waals surface area contributed by atoms with Crippen LogP contribution in [0, 0.1) is 12.7 Å². The van der Waals surface area contributed by atoms with Crippen LogP contribution in [-0.2, 0) is 6.42 Å². The maximum absolute atomic E-state index is 13.0. The smallest absolute Gasteiger partial charge is 0.123 e. The quantitative estimate of drug-likeness (QED) is 0.847. The summed E-state index contributed by atoms with van der Waals surface area (Å²) in [5.41, 5.74) is 2.92. The summed E-state index contributed by atoms with van der Waals surface area (Å²) in [5, 5.41) is 13.6. The van der Waals surface area contributed by atoms with Crippen molar-refractivity contribution in [1.82, 2.24) is 20.7 Å². The van der Waals surface area contributed by atoms with Gasteiger partial charge in [0.2, 0.25) is 0 Å². The zero-order valence-corrected chi connectivity index (χ0v) is 9.87. The van der Waals surface area contributed by atoms with Gasteiger partial charge >= 0.3 is 0 Å².